The molecule has 1 fully saturated rings. The van der Waals surface area contributed by atoms with Crippen LogP contribution in [0.5, 0.6) is 0 Å². The highest BCUT2D eigenvalue weighted by atomic mass is 19.1. The lowest BCUT2D eigenvalue weighted by Gasteiger charge is -2.26. The number of hydrogen-bond acceptors (Lipinski definition) is 3. The molecule has 0 radical (unpaired) electrons. The second kappa shape index (κ2) is 7.92. The van der Waals surface area contributed by atoms with Gasteiger partial charge in [0.1, 0.15) is 11.4 Å². The maximum absolute atomic E-state index is 13.3. The second-order valence-corrected chi connectivity index (χ2v) is 7.86. The van der Waals surface area contributed by atoms with E-state index in [1.807, 2.05) is 50.5 Å². The van der Waals surface area contributed by atoms with Crippen LogP contribution in [0, 0.1) is 33.5 Å². The van der Waals surface area contributed by atoms with Crippen LogP contribution >= 0.6 is 0 Å². The Labute approximate surface area is 185 Å². The number of urea groups is 1. The summed E-state index contributed by atoms with van der Waals surface area (Å²) in [6.07, 6.45) is 1.49. The van der Waals surface area contributed by atoms with Crippen molar-refractivity contribution in [3.8, 4) is 5.69 Å². The first kappa shape index (κ1) is 21.2. The first-order valence-electron chi connectivity index (χ1n) is 10.1. The van der Waals surface area contributed by atoms with E-state index >= 15 is 0 Å². The van der Waals surface area contributed by atoms with Crippen molar-refractivity contribution in [1.29, 1.82) is 0 Å². The molecule has 6 nitrogen and oxygen atoms in total. The van der Waals surface area contributed by atoms with Gasteiger partial charge in [-0.2, -0.15) is 0 Å². The van der Waals surface area contributed by atoms with Crippen molar-refractivity contribution < 1.29 is 18.8 Å². The number of carbonyl (C=O) groups is 3. The number of imide groups is 2. The lowest BCUT2D eigenvalue weighted by atomic mass is 10.1. The molecule has 7 heteroatoms. The van der Waals surface area contributed by atoms with E-state index in [1.54, 1.807) is 0 Å². The summed E-state index contributed by atoms with van der Waals surface area (Å²) in [7, 11) is 0. The van der Waals surface area contributed by atoms with Crippen molar-refractivity contribution in [2.75, 3.05) is 4.90 Å². The summed E-state index contributed by atoms with van der Waals surface area (Å²) in [6, 6.07) is 12.1. The fraction of sp³-hybridized carbons (Fsp3) is 0.160. The molecule has 1 N–H and O–H groups in total. The van der Waals surface area contributed by atoms with Gasteiger partial charge in [-0.3, -0.25) is 14.9 Å². The van der Waals surface area contributed by atoms with Gasteiger partial charge in [0.2, 0.25) is 0 Å². The third-order valence-corrected chi connectivity index (χ3v) is 5.71. The van der Waals surface area contributed by atoms with Crippen LogP contribution in [0.4, 0.5) is 14.9 Å². The van der Waals surface area contributed by atoms with Gasteiger partial charge in [-0.05, 0) is 92.9 Å². The Morgan fingerprint density at radius 1 is 0.844 bits per heavy atom. The van der Waals surface area contributed by atoms with Crippen LogP contribution in [0.1, 0.15) is 28.1 Å². The van der Waals surface area contributed by atoms with Crippen LogP contribution in [0.2, 0.25) is 0 Å². The average molecular weight is 431 g/mol. The van der Waals surface area contributed by atoms with Gasteiger partial charge in [-0.25, -0.2) is 14.1 Å². The zero-order chi connectivity index (χ0) is 23.2. The quantitative estimate of drug-likeness (QED) is 0.490. The van der Waals surface area contributed by atoms with E-state index in [-0.39, 0.29) is 11.3 Å². The summed E-state index contributed by atoms with van der Waals surface area (Å²) in [4.78, 5) is 38.7. The van der Waals surface area contributed by atoms with E-state index in [0.29, 0.717) is 5.56 Å². The van der Waals surface area contributed by atoms with Crippen LogP contribution in [0.3, 0.4) is 0 Å². The molecular formula is C25H22FN3O3. The first-order chi connectivity index (χ1) is 15.2. The summed E-state index contributed by atoms with van der Waals surface area (Å²) in [5.74, 6) is -2.03. The van der Waals surface area contributed by atoms with Crippen LogP contribution in [-0.2, 0) is 9.59 Å². The SMILES string of the molecule is Cc1ccc(-n2c(C)cc(C=C3C(=O)NC(=O)N(c4ccc(F)cc4)C3=O)c2C)cc1C. The fourth-order valence-electron chi connectivity index (χ4n) is 3.83. The minimum absolute atomic E-state index is 0.172. The minimum atomic E-state index is -0.871. The zero-order valence-electron chi connectivity index (χ0n) is 18.2. The summed E-state index contributed by atoms with van der Waals surface area (Å²) >= 11 is 0. The molecule has 162 valence electrons. The molecule has 0 unspecified atom stereocenters. The zero-order valence-corrected chi connectivity index (χ0v) is 18.2. The van der Waals surface area contributed by atoms with Gasteiger partial charge < -0.3 is 4.57 Å². The number of carbonyl (C=O) groups excluding carboxylic acids is 3. The second-order valence-electron chi connectivity index (χ2n) is 7.86. The molecule has 4 rings (SSSR count). The van der Waals surface area contributed by atoms with Gasteiger partial charge in [0.05, 0.1) is 5.69 Å². The fourth-order valence-corrected chi connectivity index (χ4v) is 3.83. The molecule has 3 aromatic rings. The maximum atomic E-state index is 13.3. The van der Waals surface area contributed by atoms with E-state index in [9.17, 15) is 18.8 Å². The van der Waals surface area contributed by atoms with Gasteiger partial charge in [0.15, 0.2) is 0 Å². The Morgan fingerprint density at radius 2 is 1.50 bits per heavy atom. The Morgan fingerprint density at radius 3 is 2.16 bits per heavy atom. The third kappa shape index (κ3) is 3.62. The number of benzene rings is 2. The van der Waals surface area contributed by atoms with Crippen molar-refractivity contribution in [2.45, 2.75) is 27.7 Å². The predicted molar refractivity (Wildman–Crippen MR) is 120 cm³/mol. The highest BCUT2D eigenvalue weighted by Gasteiger charge is 2.37. The maximum Gasteiger partial charge on any atom is 0.335 e. The van der Waals surface area contributed by atoms with Crippen molar-refractivity contribution in [3.05, 3.63) is 88.0 Å². The van der Waals surface area contributed by atoms with Crippen LogP contribution in [-0.4, -0.2) is 22.4 Å². The van der Waals surface area contributed by atoms with Gasteiger partial charge >= 0.3 is 6.03 Å². The monoisotopic (exact) mass is 431 g/mol. The van der Waals surface area contributed by atoms with Crippen molar-refractivity contribution in [1.82, 2.24) is 9.88 Å². The van der Waals surface area contributed by atoms with E-state index < -0.39 is 23.7 Å². The molecule has 1 aliphatic heterocycles. The Balaban J connectivity index is 1.76. The van der Waals surface area contributed by atoms with E-state index in [4.69, 9.17) is 0 Å². The number of aryl methyl sites for hydroxylation is 3. The average Bonchev–Trinajstić information content (AvgIpc) is 3.01. The minimum Gasteiger partial charge on any atom is -0.318 e. The standard InChI is InChI=1S/C25H22FN3O3/c1-14-5-8-21(11-15(14)2)28-16(3)12-18(17(28)4)13-22-23(30)27-25(32)29(24(22)31)20-9-6-19(26)7-10-20/h5-13H,1-4H3,(H,27,30,32). The molecule has 2 aromatic carbocycles. The normalized spacial score (nSPS) is 15.5. The lowest BCUT2D eigenvalue weighted by Crippen LogP contribution is -2.54. The number of anilines is 1. The molecule has 32 heavy (non-hydrogen) atoms. The molecule has 0 spiro atoms. The number of barbiturate groups is 1. The number of rotatable bonds is 3. The molecule has 0 aliphatic carbocycles. The van der Waals surface area contributed by atoms with Crippen molar-refractivity contribution in [2.24, 2.45) is 0 Å². The van der Waals surface area contributed by atoms with Crippen molar-refractivity contribution in [3.63, 3.8) is 0 Å². The number of nitrogens with zero attached hydrogens (tertiary/aromatic N) is 2. The van der Waals surface area contributed by atoms with Gasteiger partial charge in [0.25, 0.3) is 11.8 Å². The Bertz CT molecular complexity index is 1300. The third-order valence-electron chi connectivity index (χ3n) is 5.71. The number of nitrogens with one attached hydrogen (secondary N) is 1. The van der Waals surface area contributed by atoms with E-state index in [1.165, 1.54) is 23.8 Å². The van der Waals surface area contributed by atoms with Gasteiger partial charge in [-0.15, -0.1) is 0 Å². The smallest absolute Gasteiger partial charge is 0.318 e. The summed E-state index contributed by atoms with van der Waals surface area (Å²) < 4.78 is 15.3. The molecule has 0 atom stereocenters. The first-order valence-corrected chi connectivity index (χ1v) is 10.1. The molecule has 1 aliphatic rings. The molecule has 1 aromatic heterocycles. The molecule has 1 saturated heterocycles. The molecule has 0 bridgehead atoms. The highest BCUT2D eigenvalue weighted by Crippen LogP contribution is 2.27. The largest absolute Gasteiger partial charge is 0.335 e. The van der Waals surface area contributed by atoms with Crippen LogP contribution < -0.4 is 10.2 Å². The van der Waals surface area contributed by atoms with Gasteiger partial charge in [-0.1, -0.05) is 6.07 Å². The summed E-state index contributed by atoms with van der Waals surface area (Å²) in [5, 5.41) is 2.19. The van der Waals surface area contributed by atoms with Crippen molar-refractivity contribution >= 4 is 29.6 Å². The molecule has 0 saturated carbocycles. The molecular weight excluding hydrogens is 409 g/mol. The van der Waals surface area contributed by atoms with E-state index in [0.717, 1.165) is 39.7 Å². The number of halogens is 1. The van der Waals surface area contributed by atoms with Crippen LogP contribution in [0.25, 0.3) is 11.8 Å². The van der Waals surface area contributed by atoms with Gasteiger partial charge in [0, 0.05) is 17.1 Å². The summed E-state index contributed by atoms with van der Waals surface area (Å²) in [5.41, 5.74) is 5.81. The predicted octanol–water partition coefficient (Wildman–Crippen LogP) is 4.52. The number of hydrogen-bond donors (Lipinski definition) is 1. The number of amides is 4. The Hall–Kier alpha value is -4.00. The lowest BCUT2D eigenvalue weighted by molar-refractivity contribution is -0.122. The Kier molecular flexibility index (Phi) is 5.26. The topological polar surface area (TPSA) is 71.4 Å². The van der Waals surface area contributed by atoms with E-state index in [2.05, 4.69) is 11.4 Å². The number of aromatic nitrogens is 1. The molecule has 2 heterocycles. The molecule has 4 amide bonds. The summed E-state index contributed by atoms with van der Waals surface area (Å²) in [6.45, 7) is 7.94. The van der Waals surface area contributed by atoms with Crippen LogP contribution in [0.15, 0.2) is 54.1 Å². The highest BCUT2D eigenvalue weighted by molar-refractivity contribution is 6.39.